The van der Waals surface area contributed by atoms with Gasteiger partial charge in [0.05, 0.1) is 6.10 Å². The van der Waals surface area contributed by atoms with Crippen molar-refractivity contribution in [2.75, 3.05) is 6.54 Å². The first kappa shape index (κ1) is 12.0. The van der Waals surface area contributed by atoms with Crippen molar-refractivity contribution in [3.8, 4) is 5.75 Å². The summed E-state index contributed by atoms with van der Waals surface area (Å²) in [6.07, 6.45) is -0.653. The molecule has 2 nitrogen and oxygen atoms in total. The predicted octanol–water partition coefficient (Wildman–Crippen LogP) is 2.83. The van der Waals surface area contributed by atoms with E-state index >= 15 is 0 Å². The summed E-state index contributed by atoms with van der Waals surface area (Å²) in [5.41, 5.74) is 5.93. The van der Waals surface area contributed by atoms with E-state index in [1.165, 1.54) is 0 Å². The van der Waals surface area contributed by atoms with E-state index < -0.39 is 6.17 Å². The summed E-state index contributed by atoms with van der Waals surface area (Å²) in [7, 11) is 0. The van der Waals surface area contributed by atoms with Crippen LogP contribution in [0.15, 0.2) is 24.3 Å². The number of halogens is 1. The summed E-state index contributed by atoms with van der Waals surface area (Å²) in [5.74, 6) is 0.619. The van der Waals surface area contributed by atoms with Crippen LogP contribution in [0.2, 0.25) is 0 Å². The third-order valence-electron chi connectivity index (χ3n) is 2.04. The topological polar surface area (TPSA) is 35.2 Å². The molecule has 0 bridgehead atoms. The number of benzene rings is 1. The molecule has 1 unspecified atom stereocenters. The third-order valence-corrected chi connectivity index (χ3v) is 2.04. The fraction of sp³-hybridized carbons (Fsp3) is 0.500. The van der Waals surface area contributed by atoms with Crippen molar-refractivity contribution in [2.24, 2.45) is 5.73 Å². The molecule has 15 heavy (non-hydrogen) atoms. The van der Waals surface area contributed by atoms with Crippen molar-refractivity contribution >= 4 is 0 Å². The highest BCUT2D eigenvalue weighted by molar-refractivity contribution is 5.35. The van der Waals surface area contributed by atoms with Gasteiger partial charge in [-0.05, 0) is 32.9 Å². The van der Waals surface area contributed by atoms with E-state index in [1.54, 1.807) is 12.1 Å². The van der Waals surface area contributed by atoms with E-state index in [9.17, 15) is 4.39 Å². The second-order valence-electron chi connectivity index (χ2n) is 3.75. The van der Waals surface area contributed by atoms with Gasteiger partial charge in [0, 0.05) is 5.56 Å². The van der Waals surface area contributed by atoms with Crippen LogP contribution in [-0.2, 0) is 0 Å². The third kappa shape index (κ3) is 3.51. The maximum atomic E-state index is 13.7. The number of ether oxygens (including phenoxy) is 1. The van der Waals surface area contributed by atoms with Crippen LogP contribution in [0.4, 0.5) is 4.39 Å². The number of alkyl halides is 1. The van der Waals surface area contributed by atoms with Gasteiger partial charge in [-0.15, -0.1) is 0 Å². The lowest BCUT2D eigenvalue weighted by Crippen LogP contribution is -2.10. The van der Waals surface area contributed by atoms with Crippen LogP contribution < -0.4 is 10.5 Å². The highest BCUT2D eigenvalue weighted by atomic mass is 19.1. The largest absolute Gasteiger partial charge is 0.491 e. The zero-order valence-corrected chi connectivity index (χ0v) is 9.24. The highest BCUT2D eigenvalue weighted by Crippen LogP contribution is 2.30. The summed E-state index contributed by atoms with van der Waals surface area (Å²) in [4.78, 5) is 0. The van der Waals surface area contributed by atoms with Crippen LogP contribution >= 0.6 is 0 Å². The molecule has 1 rings (SSSR count). The minimum absolute atomic E-state index is 0.0521. The standard InChI is InChI=1S/C12H18FNO/c1-9(2)15-12-6-4-3-5-10(12)11(13)7-8-14/h3-6,9,11H,7-8,14H2,1-2H3. The maximum Gasteiger partial charge on any atom is 0.130 e. The molecule has 2 N–H and O–H groups in total. The average Bonchev–Trinajstić information content (AvgIpc) is 2.18. The zero-order chi connectivity index (χ0) is 11.3. The van der Waals surface area contributed by atoms with Crippen molar-refractivity contribution in [1.82, 2.24) is 0 Å². The molecule has 0 aromatic heterocycles. The molecule has 0 aliphatic heterocycles. The lowest BCUT2D eigenvalue weighted by Gasteiger charge is -2.16. The van der Waals surface area contributed by atoms with Gasteiger partial charge < -0.3 is 10.5 Å². The number of nitrogens with two attached hydrogens (primary N) is 1. The molecule has 1 atom stereocenters. The van der Waals surface area contributed by atoms with Crippen molar-refractivity contribution in [3.05, 3.63) is 29.8 Å². The number of hydrogen-bond donors (Lipinski definition) is 1. The van der Waals surface area contributed by atoms with Crippen LogP contribution in [0.1, 0.15) is 32.0 Å². The Morgan fingerprint density at radius 2 is 2.00 bits per heavy atom. The van der Waals surface area contributed by atoms with Crippen LogP contribution in [0, 0.1) is 0 Å². The molecule has 3 heteroatoms. The summed E-state index contributed by atoms with van der Waals surface area (Å²) < 4.78 is 19.2. The van der Waals surface area contributed by atoms with Crippen molar-refractivity contribution in [2.45, 2.75) is 32.5 Å². The molecule has 0 aliphatic carbocycles. The first-order valence-corrected chi connectivity index (χ1v) is 5.25. The minimum Gasteiger partial charge on any atom is -0.491 e. The zero-order valence-electron chi connectivity index (χ0n) is 9.24. The molecule has 1 aromatic carbocycles. The monoisotopic (exact) mass is 211 g/mol. The molecule has 0 fully saturated rings. The number of hydrogen-bond acceptors (Lipinski definition) is 2. The SMILES string of the molecule is CC(C)Oc1ccccc1C(F)CCN. The summed E-state index contributed by atoms with van der Waals surface area (Å²) >= 11 is 0. The molecule has 0 amide bonds. The van der Waals surface area contributed by atoms with E-state index in [1.807, 2.05) is 26.0 Å². The van der Waals surface area contributed by atoms with Crippen LogP contribution in [0.3, 0.4) is 0 Å². The second kappa shape index (κ2) is 5.71. The average molecular weight is 211 g/mol. The molecule has 0 heterocycles. The van der Waals surface area contributed by atoms with Gasteiger partial charge >= 0.3 is 0 Å². The fourth-order valence-electron chi connectivity index (χ4n) is 1.40. The smallest absolute Gasteiger partial charge is 0.130 e. The Labute approximate surface area is 90.2 Å². The lowest BCUT2D eigenvalue weighted by molar-refractivity contribution is 0.229. The van der Waals surface area contributed by atoms with E-state index in [0.29, 0.717) is 24.3 Å². The number of rotatable bonds is 5. The fourth-order valence-corrected chi connectivity index (χ4v) is 1.40. The van der Waals surface area contributed by atoms with Crippen LogP contribution in [0.5, 0.6) is 5.75 Å². The van der Waals surface area contributed by atoms with E-state index in [4.69, 9.17) is 10.5 Å². The van der Waals surface area contributed by atoms with Gasteiger partial charge in [-0.1, -0.05) is 18.2 Å². The van der Waals surface area contributed by atoms with E-state index in [2.05, 4.69) is 0 Å². The van der Waals surface area contributed by atoms with Crippen LogP contribution in [-0.4, -0.2) is 12.6 Å². The van der Waals surface area contributed by atoms with Gasteiger partial charge in [0.2, 0.25) is 0 Å². The predicted molar refractivity (Wildman–Crippen MR) is 59.7 cm³/mol. The minimum atomic E-state index is -1.04. The Balaban J connectivity index is 2.85. The molecule has 0 aliphatic rings. The number of para-hydroxylation sites is 1. The molecular weight excluding hydrogens is 193 g/mol. The molecule has 0 radical (unpaired) electrons. The molecule has 1 aromatic rings. The molecule has 0 saturated heterocycles. The van der Waals surface area contributed by atoms with E-state index in [-0.39, 0.29) is 6.10 Å². The quantitative estimate of drug-likeness (QED) is 0.812. The van der Waals surface area contributed by atoms with Crippen molar-refractivity contribution < 1.29 is 9.13 Å². The Kier molecular flexibility index (Phi) is 4.56. The van der Waals surface area contributed by atoms with Gasteiger partial charge in [-0.2, -0.15) is 0 Å². The van der Waals surface area contributed by atoms with Gasteiger partial charge in [0.25, 0.3) is 0 Å². The van der Waals surface area contributed by atoms with Gasteiger partial charge in [-0.25, -0.2) is 4.39 Å². The molecule has 84 valence electrons. The maximum absolute atomic E-state index is 13.7. The normalized spacial score (nSPS) is 12.9. The second-order valence-corrected chi connectivity index (χ2v) is 3.75. The Bertz CT molecular complexity index is 301. The van der Waals surface area contributed by atoms with Crippen molar-refractivity contribution in [3.63, 3.8) is 0 Å². The molecular formula is C12H18FNO. The lowest BCUT2D eigenvalue weighted by atomic mass is 10.1. The summed E-state index contributed by atoms with van der Waals surface area (Å²) in [5, 5.41) is 0. The van der Waals surface area contributed by atoms with Crippen molar-refractivity contribution in [1.29, 1.82) is 0 Å². The Morgan fingerprint density at radius 3 is 2.60 bits per heavy atom. The van der Waals surface area contributed by atoms with Gasteiger partial charge in [0.1, 0.15) is 11.9 Å². The Hall–Kier alpha value is -1.09. The Morgan fingerprint density at radius 1 is 1.33 bits per heavy atom. The first-order valence-electron chi connectivity index (χ1n) is 5.25. The van der Waals surface area contributed by atoms with Gasteiger partial charge in [0.15, 0.2) is 0 Å². The summed E-state index contributed by atoms with van der Waals surface area (Å²) in [6.45, 7) is 4.19. The van der Waals surface area contributed by atoms with Crippen LogP contribution in [0.25, 0.3) is 0 Å². The highest BCUT2D eigenvalue weighted by Gasteiger charge is 2.14. The summed E-state index contributed by atoms with van der Waals surface area (Å²) in [6, 6.07) is 7.19. The molecule has 0 saturated carbocycles. The van der Waals surface area contributed by atoms with E-state index in [0.717, 1.165) is 0 Å². The van der Waals surface area contributed by atoms with Gasteiger partial charge in [-0.3, -0.25) is 0 Å². The first-order chi connectivity index (χ1) is 7.15. The molecule has 0 spiro atoms.